The van der Waals surface area contributed by atoms with E-state index in [1.165, 1.54) is 12.8 Å². The van der Waals surface area contributed by atoms with E-state index >= 15 is 0 Å². The van der Waals surface area contributed by atoms with Gasteiger partial charge < -0.3 is 10.4 Å². The van der Waals surface area contributed by atoms with E-state index in [1.54, 1.807) is 11.8 Å². The molecule has 5 heteroatoms. The van der Waals surface area contributed by atoms with E-state index in [1.807, 2.05) is 18.3 Å². The van der Waals surface area contributed by atoms with Crippen LogP contribution in [0.3, 0.4) is 0 Å². The first-order chi connectivity index (χ1) is 9.61. The van der Waals surface area contributed by atoms with Gasteiger partial charge in [0.15, 0.2) is 0 Å². The highest BCUT2D eigenvalue weighted by molar-refractivity contribution is 9.10. The van der Waals surface area contributed by atoms with Crippen LogP contribution in [-0.4, -0.2) is 34.0 Å². The average molecular weight is 359 g/mol. The van der Waals surface area contributed by atoms with E-state index in [-0.39, 0.29) is 12.1 Å². The van der Waals surface area contributed by atoms with E-state index in [0.717, 1.165) is 34.5 Å². The van der Waals surface area contributed by atoms with E-state index < -0.39 is 0 Å². The molecule has 2 rings (SSSR count). The number of aliphatic hydroxyl groups is 1. The van der Waals surface area contributed by atoms with Crippen molar-refractivity contribution in [2.24, 2.45) is 0 Å². The van der Waals surface area contributed by atoms with Gasteiger partial charge in [0.05, 0.1) is 11.6 Å². The van der Waals surface area contributed by atoms with Crippen molar-refractivity contribution in [1.29, 1.82) is 0 Å². The maximum Gasteiger partial charge on any atom is 0.0960 e. The Morgan fingerprint density at radius 1 is 1.45 bits per heavy atom. The second kappa shape index (κ2) is 7.78. The average Bonchev–Trinajstić information content (AvgIpc) is 3.24. The first-order valence-corrected chi connectivity index (χ1v) is 9.02. The molecule has 0 saturated heterocycles. The predicted molar refractivity (Wildman–Crippen MR) is 88.2 cm³/mol. The molecule has 0 bridgehead atoms. The first-order valence-electron chi connectivity index (χ1n) is 7.24. The normalized spacial score (nSPS) is 17.9. The van der Waals surface area contributed by atoms with Gasteiger partial charge in [-0.05, 0) is 66.4 Å². The summed E-state index contributed by atoms with van der Waals surface area (Å²) in [6.07, 6.45) is 7.70. The van der Waals surface area contributed by atoms with Crippen molar-refractivity contribution in [1.82, 2.24) is 10.3 Å². The van der Waals surface area contributed by atoms with Crippen LogP contribution in [0.4, 0.5) is 0 Å². The van der Waals surface area contributed by atoms with Gasteiger partial charge in [-0.15, -0.1) is 11.8 Å². The number of nitrogens with zero attached hydrogens (tertiary/aromatic N) is 1. The Morgan fingerprint density at radius 3 is 2.85 bits per heavy atom. The van der Waals surface area contributed by atoms with Gasteiger partial charge >= 0.3 is 0 Å². The summed E-state index contributed by atoms with van der Waals surface area (Å²) in [5.41, 5.74) is -0.0955. The molecule has 0 amide bonds. The van der Waals surface area contributed by atoms with Crippen molar-refractivity contribution in [2.45, 2.75) is 55.6 Å². The first kappa shape index (κ1) is 16.3. The zero-order valence-electron chi connectivity index (χ0n) is 11.9. The van der Waals surface area contributed by atoms with Crippen LogP contribution in [0, 0.1) is 0 Å². The topological polar surface area (TPSA) is 45.2 Å². The molecule has 0 aromatic carbocycles. The third-order valence-corrected chi connectivity index (χ3v) is 5.05. The second-order valence-electron chi connectivity index (χ2n) is 5.76. The lowest BCUT2D eigenvalue weighted by Crippen LogP contribution is -2.46. The molecule has 3 nitrogen and oxygen atoms in total. The molecule has 112 valence electrons. The van der Waals surface area contributed by atoms with Crippen LogP contribution in [0.25, 0.3) is 0 Å². The van der Waals surface area contributed by atoms with Crippen molar-refractivity contribution in [3.8, 4) is 0 Å². The molecule has 2 N–H and O–H groups in total. The van der Waals surface area contributed by atoms with Crippen molar-refractivity contribution >= 4 is 27.7 Å². The number of thioether (sulfide) groups is 1. The fraction of sp³-hybridized carbons (Fsp3) is 0.667. The van der Waals surface area contributed by atoms with Gasteiger partial charge in [-0.3, -0.25) is 0 Å². The summed E-state index contributed by atoms with van der Waals surface area (Å²) >= 11 is 5.19. The standard InChI is InChI=1S/C15H23BrN2OS/c1-15(11-19,18-13-5-6-13)8-2-3-9-20-14-7-4-12(16)10-17-14/h4,7,10,13,18-19H,2-3,5-6,8-9,11H2,1H3. The number of rotatable bonds is 9. The molecule has 1 saturated carbocycles. The smallest absolute Gasteiger partial charge is 0.0960 e. The Morgan fingerprint density at radius 2 is 2.25 bits per heavy atom. The molecule has 1 aliphatic carbocycles. The van der Waals surface area contributed by atoms with Crippen LogP contribution in [0.15, 0.2) is 27.8 Å². The largest absolute Gasteiger partial charge is 0.394 e. The SMILES string of the molecule is CC(CO)(CCCCSc1ccc(Br)cn1)NC1CC1. The molecule has 20 heavy (non-hydrogen) atoms. The van der Waals surface area contributed by atoms with Gasteiger partial charge in [0, 0.05) is 22.3 Å². The molecule has 1 heterocycles. The number of aromatic nitrogens is 1. The summed E-state index contributed by atoms with van der Waals surface area (Å²) in [5, 5.41) is 14.2. The number of unbranched alkanes of at least 4 members (excludes halogenated alkanes) is 1. The molecular formula is C15H23BrN2OS. The van der Waals surface area contributed by atoms with Gasteiger partial charge in [-0.2, -0.15) is 0 Å². The van der Waals surface area contributed by atoms with Crippen molar-refractivity contribution < 1.29 is 5.11 Å². The lowest BCUT2D eigenvalue weighted by Gasteiger charge is -2.29. The number of hydrogen-bond acceptors (Lipinski definition) is 4. The summed E-state index contributed by atoms with van der Waals surface area (Å²) in [7, 11) is 0. The third kappa shape index (κ3) is 5.72. The zero-order chi connectivity index (χ0) is 14.4. The van der Waals surface area contributed by atoms with Gasteiger partial charge in [0.2, 0.25) is 0 Å². The number of halogens is 1. The molecule has 1 aliphatic rings. The molecule has 0 aliphatic heterocycles. The highest BCUT2D eigenvalue weighted by atomic mass is 79.9. The molecule has 1 aromatic heterocycles. The van der Waals surface area contributed by atoms with Crippen LogP contribution >= 0.6 is 27.7 Å². The summed E-state index contributed by atoms with van der Waals surface area (Å²) in [6.45, 7) is 2.36. The Labute approximate surface area is 134 Å². The lowest BCUT2D eigenvalue weighted by atomic mass is 9.96. The fourth-order valence-corrected chi connectivity index (χ4v) is 3.24. The van der Waals surface area contributed by atoms with Gasteiger partial charge in [-0.25, -0.2) is 4.98 Å². The molecule has 1 unspecified atom stereocenters. The minimum atomic E-state index is -0.0955. The highest BCUT2D eigenvalue weighted by Crippen LogP contribution is 2.25. The van der Waals surface area contributed by atoms with E-state index in [2.05, 4.69) is 33.2 Å². The van der Waals surface area contributed by atoms with E-state index in [9.17, 15) is 5.11 Å². The molecule has 0 radical (unpaired) electrons. The minimum Gasteiger partial charge on any atom is -0.394 e. The molecule has 0 spiro atoms. The van der Waals surface area contributed by atoms with Gasteiger partial charge in [0.1, 0.15) is 0 Å². The summed E-state index contributed by atoms with van der Waals surface area (Å²) in [4.78, 5) is 4.35. The van der Waals surface area contributed by atoms with E-state index in [4.69, 9.17) is 0 Å². The Bertz CT molecular complexity index is 411. The maximum absolute atomic E-state index is 9.54. The van der Waals surface area contributed by atoms with Gasteiger partial charge in [0.25, 0.3) is 0 Å². The van der Waals surface area contributed by atoms with Crippen LogP contribution in [-0.2, 0) is 0 Å². The molecule has 1 aromatic rings. The molecule has 1 atom stereocenters. The van der Waals surface area contributed by atoms with Crippen molar-refractivity contribution in [3.63, 3.8) is 0 Å². The Hall–Kier alpha value is -0.100. The third-order valence-electron chi connectivity index (χ3n) is 3.55. The van der Waals surface area contributed by atoms with Crippen LogP contribution in [0.5, 0.6) is 0 Å². The quantitative estimate of drug-likeness (QED) is 0.522. The monoisotopic (exact) mass is 358 g/mol. The summed E-state index contributed by atoms with van der Waals surface area (Å²) < 4.78 is 1.02. The van der Waals surface area contributed by atoms with Crippen LogP contribution < -0.4 is 5.32 Å². The summed E-state index contributed by atoms with van der Waals surface area (Å²) in [5.74, 6) is 1.08. The van der Waals surface area contributed by atoms with Gasteiger partial charge in [-0.1, -0.05) is 6.42 Å². The molecular weight excluding hydrogens is 336 g/mol. The van der Waals surface area contributed by atoms with Crippen LogP contribution in [0.1, 0.15) is 39.0 Å². The number of pyridine rings is 1. The lowest BCUT2D eigenvalue weighted by molar-refractivity contribution is 0.161. The Balaban J connectivity index is 1.61. The highest BCUT2D eigenvalue weighted by Gasteiger charge is 2.31. The minimum absolute atomic E-state index is 0.0955. The second-order valence-corrected chi connectivity index (χ2v) is 7.79. The van der Waals surface area contributed by atoms with E-state index in [0.29, 0.717) is 6.04 Å². The maximum atomic E-state index is 9.54. The van der Waals surface area contributed by atoms with Crippen molar-refractivity contribution in [2.75, 3.05) is 12.4 Å². The summed E-state index contributed by atoms with van der Waals surface area (Å²) in [6, 6.07) is 4.72. The number of hydrogen-bond donors (Lipinski definition) is 2. The van der Waals surface area contributed by atoms with Crippen LogP contribution in [0.2, 0.25) is 0 Å². The Kier molecular flexibility index (Phi) is 6.33. The fourth-order valence-electron chi connectivity index (χ4n) is 2.16. The predicted octanol–water partition coefficient (Wildman–Crippen LogP) is 3.61. The number of nitrogens with one attached hydrogen (secondary N) is 1. The zero-order valence-corrected chi connectivity index (χ0v) is 14.3. The molecule has 1 fully saturated rings. The van der Waals surface area contributed by atoms with Crippen molar-refractivity contribution in [3.05, 3.63) is 22.8 Å². The number of aliphatic hydroxyl groups excluding tert-OH is 1.